The minimum absolute atomic E-state index is 0.0996. The Morgan fingerprint density at radius 3 is 2.72 bits per heavy atom. The van der Waals surface area contributed by atoms with Crippen LogP contribution in [-0.2, 0) is 4.74 Å². The summed E-state index contributed by atoms with van der Waals surface area (Å²) in [6, 6.07) is 5.16. The number of aliphatic hydroxyl groups excluding tert-OH is 2. The van der Waals surface area contributed by atoms with Gasteiger partial charge in [-0.05, 0) is 45.0 Å². The van der Waals surface area contributed by atoms with E-state index in [1.54, 1.807) is 18.2 Å². The van der Waals surface area contributed by atoms with Gasteiger partial charge in [0.15, 0.2) is 0 Å². The first-order valence-electron chi connectivity index (χ1n) is 10.0. The molecule has 0 amide bonds. The first-order valence-corrected chi connectivity index (χ1v) is 10.8. The average Bonchev–Trinajstić information content (AvgIpc) is 3.21. The lowest BCUT2D eigenvalue weighted by Gasteiger charge is -2.45. The molecule has 0 bridgehead atoms. The van der Waals surface area contributed by atoms with Gasteiger partial charge in [0.2, 0.25) is 0 Å². The van der Waals surface area contributed by atoms with Gasteiger partial charge in [-0.25, -0.2) is 0 Å². The van der Waals surface area contributed by atoms with E-state index in [1.165, 1.54) is 6.92 Å². The van der Waals surface area contributed by atoms with Crippen molar-refractivity contribution in [1.82, 2.24) is 15.1 Å². The molecule has 3 heterocycles. The zero-order valence-electron chi connectivity index (χ0n) is 16.8. The zero-order chi connectivity index (χ0) is 21.1. The summed E-state index contributed by atoms with van der Waals surface area (Å²) < 4.78 is 6.14. The molecule has 0 aliphatic carbocycles. The van der Waals surface area contributed by atoms with E-state index in [-0.39, 0.29) is 6.17 Å². The van der Waals surface area contributed by atoms with Crippen molar-refractivity contribution in [3.8, 4) is 0 Å². The summed E-state index contributed by atoms with van der Waals surface area (Å²) in [6.07, 6.45) is -2.98. The molecule has 3 aliphatic heterocycles. The minimum Gasteiger partial charge on any atom is -0.386 e. The third-order valence-electron chi connectivity index (χ3n) is 6.83. The lowest BCUT2D eigenvalue weighted by atomic mass is 9.88. The van der Waals surface area contributed by atoms with E-state index >= 15 is 0 Å². The number of likely N-dealkylation sites (tertiary alicyclic amines) is 1. The fourth-order valence-electron chi connectivity index (χ4n) is 5.07. The molecule has 3 fully saturated rings. The predicted octanol–water partition coefficient (Wildman–Crippen LogP) is 1.39. The topological polar surface area (TPSA) is 88.4 Å². The van der Waals surface area contributed by atoms with E-state index in [0.29, 0.717) is 27.6 Å². The van der Waals surface area contributed by atoms with Crippen LogP contribution < -0.4 is 5.32 Å². The molecule has 3 unspecified atom stereocenters. The molecule has 9 heteroatoms. The summed E-state index contributed by atoms with van der Waals surface area (Å²) in [5, 5.41) is 37.2. The summed E-state index contributed by atoms with van der Waals surface area (Å²) in [5.74, 6) is 0.397. The first kappa shape index (κ1) is 21.7. The predicted molar refractivity (Wildman–Crippen MR) is 111 cm³/mol. The monoisotopic (exact) mass is 445 g/mol. The van der Waals surface area contributed by atoms with Crippen LogP contribution in [0.2, 0.25) is 10.0 Å². The number of benzene rings is 1. The standard InChI is InChI=1S/C20H29Cl2N3O4/c1-10-12-6-7-25(18(12)24(3)9-23-10)19-16(27)20(2,28)17(29-19)15(26)11-4-5-13(21)14(22)8-11/h4-5,8,10,12,15-19,23,26-28H,6-7,9H2,1-3H3/t10?,12?,15-,16+,17-,18?,19-,20+/m1/s1. The number of ether oxygens (including phenoxy) is 1. The molecule has 3 aliphatic rings. The zero-order valence-corrected chi connectivity index (χ0v) is 18.3. The van der Waals surface area contributed by atoms with E-state index in [9.17, 15) is 15.3 Å². The fourth-order valence-corrected chi connectivity index (χ4v) is 5.37. The minimum atomic E-state index is -1.63. The number of rotatable bonds is 3. The Kier molecular flexibility index (Phi) is 5.92. The van der Waals surface area contributed by atoms with Crippen molar-refractivity contribution in [2.24, 2.45) is 5.92 Å². The normalized spacial score (nSPS) is 42.2. The van der Waals surface area contributed by atoms with Gasteiger partial charge in [-0.1, -0.05) is 29.3 Å². The average molecular weight is 446 g/mol. The summed E-state index contributed by atoms with van der Waals surface area (Å²) in [7, 11) is 2.04. The van der Waals surface area contributed by atoms with E-state index in [1.807, 2.05) is 7.05 Å². The van der Waals surface area contributed by atoms with Crippen LogP contribution in [0.4, 0.5) is 0 Å². The molecular formula is C20H29Cl2N3O4. The van der Waals surface area contributed by atoms with Crippen LogP contribution in [0.3, 0.4) is 0 Å². The lowest BCUT2D eigenvalue weighted by molar-refractivity contribution is -0.147. The van der Waals surface area contributed by atoms with Crippen LogP contribution in [0.1, 0.15) is 31.9 Å². The molecule has 29 heavy (non-hydrogen) atoms. The maximum Gasteiger partial charge on any atom is 0.141 e. The van der Waals surface area contributed by atoms with Crippen LogP contribution >= 0.6 is 23.2 Å². The van der Waals surface area contributed by atoms with Crippen LogP contribution in [0.5, 0.6) is 0 Å². The van der Waals surface area contributed by atoms with Crippen molar-refractivity contribution in [3.63, 3.8) is 0 Å². The highest BCUT2D eigenvalue weighted by Crippen LogP contribution is 2.43. The first-order chi connectivity index (χ1) is 13.6. The molecule has 7 nitrogen and oxygen atoms in total. The van der Waals surface area contributed by atoms with E-state index in [2.05, 4.69) is 22.0 Å². The second-order valence-electron chi connectivity index (χ2n) is 8.75. The number of aliphatic hydroxyl groups is 3. The number of fused-ring (bicyclic) bond motifs is 1. The third-order valence-corrected chi connectivity index (χ3v) is 7.57. The van der Waals surface area contributed by atoms with E-state index in [0.717, 1.165) is 19.6 Å². The van der Waals surface area contributed by atoms with Gasteiger partial charge in [0.1, 0.15) is 30.1 Å². The van der Waals surface area contributed by atoms with Gasteiger partial charge >= 0.3 is 0 Å². The number of halogens is 2. The van der Waals surface area contributed by atoms with Crippen molar-refractivity contribution in [3.05, 3.63) is 33.8 Å². The largest absolute Gasteiger partial charge is 0.386 e. The molecule has 1 aromatic rings. The molecule has 8 atom stereocenters. The lowest BCUT2D eigenvalue weighted by Crippen LogP contribution is -2.62. The van der Waals surface area contributed by atoms with Crippen LogP contribution in [0.25, 0.3) is 0 Å². The molecule has 0 radical (unpaired) electrons. The number of nitrogens with zero attached hydrogens (tertiary/aromatic N) is 2. The molecule has 0 spiro atoms. The highest BCUT2D eigenvalue weighted by Gasteiger charge is 2.59. The van der Waals surface area contributed by atoms with Gasteiger partial charge in [-0.3, -0.25) is 9.80 Å². The molecule has 1 aromatic carbocycles. The molecule has 3 saturated heterocycles. The Hall–Kier alpha value is -0.480. The van der Waals surface area contributed by atoms with Crippen molar-refractivity contribution in [2.45, 2.75) is 62.6 Å². The van der Waals surface area contributed by atoms with Crippen molar-refractivity contribution >= 4 is 23.2 Å². The highest BCUT2D eigenvalue weighted by molar-refractivity contribution is 6.42. The van der Waals surface area contributed by atoms with Crippen LogP contribution in [0, 0.1) is 5.92 Å². The molecular weight excluding hydrogens is 417 g/mol. The summed E-state index contributed by atoms with van der Waals surface area (Å²) in [6.45, 7) is 5.17. The summed E-state index contributed by atoms with van der Waals surface area (Å²) in [4.78, 5) is 4.31. The smallest absolute Gasteiger partial charge is 0.141 e. The Balaban J connectivity index is 1.59. The van der Waals surface area contributed by atoms with Gasteiger partial charge in [0.05, 0.1) is 16.2 Å². The maximum atomic E-state index is 11.1. The maximum absolute atomic E-state index is 11.1. The quantitative estimate of drug-likeness (QED) is 0.558. The highest BCUT2D eigenvalue weighted by atomic mass is 35.5. The molecule has 4 rings (SSSR count). The Morgan fingerprint density at radius 1 is 1.31 bits per heavy atom. The second-order valence-corrected chi connectivity index (χ2v) is 9.56. The van der Waals surface area contributed by atoms with Gasteiger partial charge in [-0.2, -0.15) is 0 Å². The second kappa shape index (κ2) is 7.89. The molecule has 0 saturated carbocycles. The SMILES string of the molecule is CC1NCN(C)C2C1CCN2[C@@H]1O[C@H]([C@H](O)c2ccc(Cl)c(Cl)c2)[C@@](C)(O)[C@H]1O. The molecule has 4 N–H and O–H groups in total. The van der Waals surface area contributed by atoms with E-state index in [4.69, 9.17) is 27.9 Å². The fraction of sp³-hybridized carbons (Fsp3) is 0.700. The Morgan fingerprint density at radius 2 is 2.03 bits per heavy atom. The number of nitrogens with one attached hydrogen (secondary N) is 1. The third kappa shape index (κ3) is 3.60. The summed E-state index contributed by atoms with van der Waals surface area (Å²) in [5.41, 5.74) is -1.16. The molecule has 162 valence electrons. The van der Waals surface area contributed by atoms with Crippen molar-refractivity contribution in [2.75, 3.05) is 20.3 Å². The van der Waals surface area contributed by atoms with E-state index < -0.39 is 30.1 Å². The molecule has 0 aromatic heterocycles. The van der Waals surface area contributed by atoms with Gasteiger partial charge < -0.3 is 25.4 Å². The van der Waals surface area contributed by atoms with Gasteiger partial charge in [0.25, 0.3) is 0 Å². The Bertz CT molecular complexity index is 767. The number of hydrogen-bond donors (Lipinski definition) is 4. The van der Waals surface area contributed by atoms with Gasteiger partial charge in [0, 0.05) is 25.2 Å². The number of hydrogen-bond acceptors (Lipinski definition) is 7. The van der Waals surface area contributed by atoms with Crippen molar-refractivity contribution < 1.29 is 20.1 Å². The van der Waals surface area contributed by atoms with Gasteiger partial charge in [-0.15, -0.1) is 0 Å². The Labute approximate surface area is 181 Å². The van der Waals surface area contributed by atoms with Crippen LogP contribution in [-0.4, -0.2) is 81.6 Å². The van der Waals surface area contributed by atoms with Crippen LogP contribution in [0.15, 0.2) is 18.2 Å². The summed E-state index contributed by atoms with van der Waals surface area (Å²) >= 11 is 12.1. The van der Waals surface area contributed by atoms with Crippen molar-refractivity contribution in [1.29, 1.82) is 0 Å².